The van der Waals surface area contributed by atoms with Crippen LogP contribution in [0.15, 0.2) is 47.4 Å². The molecule has 0 bridgehead atoms. The number of anilines is 2. The highest BCUT2D eigenvalue weighted by Gasteiger charge is 2.44. The monoisotopic (exact) mass is 404 g/mol. The molecule has 8 heteroatoms. The van der Waals surface area contributed by atoms with Gasteiger partial charge in [0, 0.05) is 12.1 Å². The van der Waals surface area contributed by atoms with Crippen molar-refractivity contribution in [2.24, 2.45) is 0 Å². The molecule has 0 spiro atoms. The molecular formula is C20H21FN2O4S. The third kappa shape index (κ3) is 3.52. The van der Waals surface area contributed by atoms with Crippen LogP contribution in [-0.4, -0.2) is 31.5 Å². The minimum absolute atomic E-state index is 0.0246. The van der Waals surface area contributed by atoms with Crippen molar-refractivity contribution in [2.75, 3.05) is 16.8 Å². The number of nitrogens with zero attached hydrogens (tertiary/aromatic N) is 1. The first kappa shape index (κ1) is 20.0. The Hall–Kier alpha value is -2.74. The predicted molar refractivity (Wildman–Crippen MR) is 104 cm³/mol. The van der Waals surface area contributed by atoms with Gasteiger partial charge in [0.05, 0.1) is 15.3 Å². The Balaban J connectivity index is 1.95. The summed E-state index contributed by atoms with van der Waals surface area (Å²) in [5, 5.41) is 2.65. The molecule has 1 heterocycles. The van der Waals surface area contributed by atoms with E-state index in [0.717, 1.165) is 0 Å². The Morgan fingerprint density at radius 1 is 1.21 bits per heavy atom. The first-order valence-electron chi connectivity index (χ1n) is 8.73. The summed E-state index contributed by atoms with van der Waals surface area (Å²) in [6.07, 6.45) is -0.243. The molecule has 0 radical (unpaired) electrons. The molecule has 6 nitrogen and oxygen atoms in total. The molecule has 2 aromatic rings. The van der Waals surface area contributed by atoms with Crippen molar-refractivity contribution < 1.29 is 22.4 Å². The maximum Gasteiger partial charge on any atom is 0.244 e. The molecule has 148 valence electrons. The molecular weight excluding hydrogens is 383 g/mol. The first-order valence-corrected chi connectivity index (χ1v) is 10.2. The lowest BCUT2D eigenvalue weighted by Gasteiger charge is -2.22. The van der Waals surface area contributed by atoms with Crippen molar-refractivity contribution in [3.05, 3.63) is 53.8 Å². The average molecular weight is 404 g/mol. The molecule has 0 saturated carbocycles. The lowest BCUT2D eigenvalue weighted by molar-refractivity contribution is -0.121. The van der Waals surface area contributed by atoms with Gasteiger partial charge >= 0.3 is 0 Å². The van der Waals surface area contributed by atoms with Gasteiger partial charge in [0.15, 0.2) is 9.84 Å². The van der Waals surface area contributed by atoms with Crippen LogP contribution in [0.3, 0.4) is 0 Å². The van der Waals surface area contributed by atoms with Crippen molar-refractivity contribution in [1.29, 1.82) is 0 Å². The largest absolute Gasteiger partial charge is 0.324 e. The van der Waals surface area contributed by atoms with Crippen molar-refractivity contribution >= 4 is 33.0 Å². The number of rotatable bonds is 3. The summed E-state index contributed by atoms with van der Waals surface area (Å²) in [6, 6.07) is 10.1. The molecule has 0 aliphatic carbocycles. The first-order chi connectivity index (χ1) is 13.0. The molecule has 0 fully saturated rings. The van der Waals surface area contributed by atoms with E-state index in [1.807, 2.05) is 0 Å². The number of hydrogen-bond acceptors (Lipinski definition) is 4. The number of para-hydroxylation sites is 1. The zero-order valence-electron chi connectivity index (χ0n) is 15.8. The van der Waals surface area contributed by atoms with Crippen LogP contribution in [0.4, 0.5) is 15.8 Å². The summed E-state index contributed by atoms with van der Waals surface area (Å²) in [5.74, 6) is -1.38. The third-order valence-electron chi connectivity index (χ3n) is 4.82. The second-order valence-electron chi connectivity index (χ2n) is 7.39. The van der Waals surface area contributed by atoms with Crippen LogP contribution in [0.1, 0.15) is 25.8 Å². The maximum atomic E-state index is 13.2. The summed E-state index contributed by atoms with van der Waals surface area (Å²) in [5.41, 5.74) is 1.15. The number of carbonyl (C=O) groups is 2. The lowest BCUT2D eigenvalue weighted by atomic mass is 10.1. The van der Waals surface area contributed by atoms with Crippen molar-refractivity contribution in [2.45, 2.75) is 36.8 Å². The van der Waals surface area contributed by atoms with Gasteiger partial charge in [-0.3, -0.25) is 9.59 Å². The second kappa shape index (κ2) is 7.01. The number of aryl methyl sites for hydroxylation is 1. The van der Waals surface area contributed by atoms with Crippen LogP contribution in [0, 0.1) is 12.7 Å². The Bertz CT molecular complexity index is 1060. The Morgan fingerprint density at radius 2 is 1.89 bits per heavy atom. The van der Waals surface area contributed by atoms with E-state index in [1.54, 1.807) is 19.1 Å². The molecule has 2 aromatic carbocycles. The summed E-state index contributed by atoms with van der Waals surface area (Å²) in [4.78, 5) is 26.6. The van der Waals surface area contributed by atoms with Gasteiger partial charge in [-0.2, -0.15) is 0 Å². The smallest absolute Gasteiger partial charge is 0.244 e. The average Bonchev–Trinajstić information content (AvgIpc) is 2.66. The molecule has 1 N–H and O–H groups in total. The minimum Gasteiger partial charge on any atom is -0.324 e. The molecule has 0 aromatic heterocycles. The number of carbonyl (C=O) groups excluding carboxylic acids is 2. The summed E-state index contributed by atoms with van der Waals surface area (Å²) in [6.45, 7) is 4.31. The van der Waals surface area contributed by atoms with E-state index in [4.69, 9.17) is 0 Å². The third-order valence-corrected chi connectivity index (χ3v) is 7.34. The number of sulfone groups is 1. The van der Waals surface area contributed by atoms with Crippen molar-refractivity contribution in [3.63, 3.8) is 0 Å². The van der Waals surface area contributed by atoms with Gasteiger partial charge in [-0.15, -0.1) is 0 Å². The topological polar surface area (TPSA) is 83.6 Å². The zero-order valence-corrected chi connectivity index (χ0v) is 16.6. The Labute approximate surface area is 163 Å². The standard InChI is InChI=1S/C20H21FN2O4S/c1-13-10-14(21)8-9-15(13)22-18(24)12-23-16-6-4-5-7-17(16)28(26,27)20(2,3)11-19(23)25/h4-10H,11-12H2,1-3H3,(H,22,24). The zero-order chi connectivity index (χ0) is 20.7. The van der Waals surface area contributed by atoms with E-state index in [0.29, 0.717) is 11.3 Å². The highest BCUT2D eigenvalue weighted by molar-refractivity contribution is 7.93. The van der Waals surface area contributed by atoms with E-state index in [-0.39, 0.29) is 23.5 Å². The van der Waals surface area contributed by atoms with Gasteiger partial charge < -0.3 is 10.2 Å². The Kier molecular flexibility index (Phi) is 5.01. The summed E-state index contributed by atoms with van der Waals surface area (Å²) < 4.78 is 37.9. The molecule has 0 unspecified atom stereocenters. The number of fused-ring (bicyclic) bond motifs is 1. The summed E-state index contributed by atoms with van der Waals surface area (Å²) in [7, 11) is -3.76. The van der Waals surface area contributed by atoms with Crippen LogP contribution in [-0.2, 0) is 19.4 Å². The van der Waals surface area contributed by atoms with E-state index >= 15 is 0 Å². The Morgan fingerprint density at radius 3 is 2.57 bits per heavy atom. The predicted octanol–water partition coefficient (Wildman–Crippen LogP) is 3.06. The van der Waals surface area contributed by atoms with E-state index in [1.165, 1.54) is 49.1 Å². The number of amides is 2. The fourth-order valence-electron chi connectivity index (χ4n) is 3.17. The molecule has 3 rings (SSSR count). The highest BCUT2D eigenvalue weighted by Crippen LogP contribution is 2.38. The van der Waals surface area contributed by atoms with Gasteiger partial charge in [-0.25, -0.2) is 12.8 Å². The molecule has 1 aliphatic heterocycles. The number of halogens is 1. The highest BCUT2D eigenvalue weighted by atomic mass is 32.2. The number of benzene rings is 2. The van der Waals surface area contributed by atoms with Crippen molar-refractivity contribution in [1.82, 2.24) is 0 Å². The van der Waals surface area contributed by atoms with E-state index < -0.39 is 32.2 Å². The maximum absolute atomic E-state index is 13.2. The van der Waals surface area contributed by atoms with Gasteiger partial charge in [-0.05, 0) is 56.7 Å². The molecule has 2 amide bonds. The number of hydrogen-bond donors (Lipinski definition) is 1. The fourth-order valence-corrected chi connectivity index (χ4v) is 4.79. The van der Waals surface area contributed by atoms with Crippen LogP contribution < -0.4 is 10.2 Å². The van der Waals surface area contributed by atoms with Gasteiger partial charge in [0.2, 0.25) is 11.8 Å². The quantitative estimate of drug-likeness (QED) is 0.852. The SMILES string of the molecule is Cc1cc(F)ccc1NC(=O)CN1C(=O)CC(C)(C)S(=O)(=O)c2ccccc21. The molecule has 0 saturated heterocycles. The van der Waals surface area contributed by atoms with E-state index in [9.17, 15) is 22.4 Å². The lowest BCUT2D eigenvalue weighted by Crippen LogP contribution is -2.40. The van der Waals surface area contributed by atoms with Crippen LogP contribution in [0.25, 0.3) is 0 Å². The van der Waals surface area contributed by atoms with Crippen LogP contribution in [0.2, 0.25) is 0 Å². The molecule has 1 aliphatic rings. The minimum atomic E-state index is -3.76. The van der Waals surface area contributed by atoms with E-state index in [2.05, 4.69) is 5.32 Å². The second-order valence-corrected chi connectivity index (χ2v) is 9.95. The van der Waals surface area contributed by atoms with Crippen LogP contribution >= 0.6 is 0 Å². The molecule has 0 atom stereocenters. The van der Waals surface area contributed by atoms with Gasteiger partial charge in [-0.1, -0.05) is 12.1 Å². The van der Waals surface area contributed by atoms with Crippen LogP contribution in [0.5, 0.6) is 0 Å². The van der Waals surface area contributed by atoms with Crippen molar-refractivity contribution in [3.8, 4) is 0 Å². The fraction of sp³-hybridized carbons (Fsp3) is 0.300. The summed E-state index contributed by atoms with van der Waals surface area (Å²) >= 11 is 0. The van der Waals surface area contributed by atoms with Gasteiger partial charge in [0.1, 0.15) is 12.4 Å². The molecule has 28 heavy (non-hydrogen) atoms. The van der Waals surface area contributed by atoms with Gasteiger partial charge in [0.25, 0.3) is 0 Å². The number of nitrogens with one attached hydrogen (secondary N) is 1. The normalized spacial score (nSPS) is 17.6.